The maximum Gasteiger partial charge on any atom is 0.233 e. The number of fused-ring (bicyclic) bond motifs is 1. The number of nitrogens with zero attached hydrogens (tertiary/aromatic N) is 7. The first-order valence-electron chi connectivity index (χ1n) is 8.91. The van der Waals surface area contributed by atoms with Gasteiger partial charge in [0.2, 0.25) is 5.88 Å². The summed E-state index contributed by atoms with van der Waals surface area (Å²) >= 11 is 0. The van der Waals surface area contributed by atoms with E-state index in [1.54, 1.807) is 6.20 Å². The minimum atomic E-state index is 0.586. The van der Waals surface area contributed by atoms with Gasteiger partial charge < -0.3 is 9.64 Å². The SMILES string of the molecule is Cc1ccc(OCCN2CCN(c3cc(C)nc4ccnn34)CC2)nn1. The maximum absolute atomic E-state index is 5.69. The Morgan fingerprint density at radius 1 is 1.00 bits per heavy atom. The van der Waals surface area contributed by atoms with E-state index < -0.39 is 0 Å². The summed E-state index contributed by atoms with van der Waals surface area (Å²) in [6.45, 7) is 9.35. The minimum absolute atomic E-state index is 0.586. The number of hydrogen-bond acceptors (Lipinski definition) is 7. The fourth-order valence-corrected chi connectivity index (χ4v) is 3.19. The zero-order valence-electron chi connectivity index (χ0n) is 15.2. The molecular formula is C18H23N7O. The number of aryl methyl sites for hydroxylation is 2. The Morgan fingerprint density at radius 2 is 1.85 bits per heavy atom. The molecular weight excluding hydrogens is 330 g/mol. The van der Waals surface area contributed by atoms with E-state index in [1.165, 1.54) is 0 Å². The van der Waals surface area contributed by atoms with Crippen LogP contribution in [0.4, 0.5) is 5.82 Å². The van der Waals surface area contributed by atoms with Crippen molar-refractivity contribution in [2.75, 3.05) is 44.2 Å². The monoisotopic (exact) mass is 353 g/mol. The van der Waals surface area contributed by atoms with E-state index in [0.717, 1.165) is 55.6 Å². The Balaban J connectivity index is 1.31. The molecule has 26 heavy (non-hydrogen) atoms. The van der Waals surface area contributed by atoms with Crippen LogP contribution in [0.25, 0.3) is 5.65 Å². The van der Waals surface area contributed by atoms with Gasteiger partial charge in [-0.2, -0.15) is 14.7 Å². The van der Waals surface area contributed by atoms with Gasteiger partial charge in [0.25, 0.3) is 0 Å². The predicted molar refractivity (Wildman–Crippen MR) is 98.6 cm³/mol. The third kappa shape index (κ3) is 3.60. The Hall–Kier alpha value is -2.74. The molecule has 3 aromatic rings. The molecule has 4 rings (SSSR count). The number of piperazine rings is 1. The average Bonchev–Trinajstić information content (AvgIpc) is 3.12. The van der Waals surface area contributed by atoms with Crippen LogP contribution in [-0.2, 0) is 0 Å². The van der Waals surface area contributed by atoms with Gasteiger partial charge in [0, 0.05) is 56.6 Å². The van der Waals surface area contributed by atoms with Gasteiger partial charge in [0.1, 0.15) is 12.4 Å². The van der Waals surface area contributed by atoms with Crippen molar-refractivity contribution < 1.29 is 4.74 Å². The molecule has 1 aliphatic rings. The third-order valence-electron chi connectivity index (χ3n) is 4.60. The van der Waals surface area contributed by atoms with Crippen LogP contribution in [0.15, 0.2) is 30.5 Å². The number of ether oxygens (including phenoxy) is 1. The van der Waals surface area contributed by atoms with Crippen LogP contribution in [0.1, 0.15) is 11.4 Å². The largest absolute Gasteiger partial charge is 0.475 e. The minimum Gasteiger partial charge on any atom is -0.475 e. The summed E-state index contributed by atoms with van der Waals surface area (Å²) in [5, 5.41) is 12.4. The highest BCUT2D eigenvalue weighted by Crippen LogP contribution is 2.18. The number of rotatable bonds is 5. The topological polar surface area (TPSA) is 71.7 Å². The van der Waals surface area contributed by atoms with Gasteiger partial charge in [-0.15, -0.1) is 5.10 Å². The van der Waals surface area contributed by atoms with Crippen LogP contribution in [0.5, 0.6) is 5.88 Å². The molecule has 0 unspecified atom stereocenters. The van der Waals surface area contributed by atoms with Gasteiger partial charge in [-0.05, 0) is 19.9 Å². The lowest BCUT2D eigenvalue weighted by Gasteiger charge is -2.35. The lowest BCUT2D eigenvalue weighted by atomic mass is 10.3. The van der Waals surface area contributed by atoms with Crippen LogP contribution < -0.4 is 9.64 Å². The van der Waals surface area contributed by atoms with Gasteiger partial charge in [0.05, 0.1) is 11.9 Å². The molecule has 8 heteroatoms. The Labute approximate surface area is 152 Å². The highest BCUT2D eigenvalue weighted by atomic mass is 16.5. The summed E-state index contributed by atoms with van der Waals surface area (Å²) in [5.74, 6) is 1.70. The molecule has 0 aliphatic carbocycles. The molecule has 4 heterocycles. The van der Waals surface area contributed by atoms with E-state index in [1.807, 2.05) is 36.6 Å². The van der Waals surface area contributed by atoms with Crippen LogP contribution in [0.3, 0.4) is 0 Å². The molecule has 1 saturated heterocycles. The van der Waals surface area contributed by atoms with E-state index in [2.05, 4.69) is 36.1 Å². The molecule has 0 aromatic carbocycles. The smallest absolute Gasteiger partial charge is 0.233 e. The van der Waals surface area contributed by atoms with Crippen molar-refractivity contribution in [2.24, 2.45) is 0 Å². The summed E-state index contributed by atoms with van der Waals surface area (Å²) < 4.78 is 7.61. The van der Waals surface area contributed by atoms with Crippen LogP contribution >= 0.6 is 0 Å². The third-order valence-corrected chi connectivity index (χ3v) is 4.60. The summed E-state index contributed by atoms with van der Waals surface area (Å²) in [6, 6.07) is 7.82. The molecule has 0 amide bonds. The molecule has 136 valence electrons. The second kappa shape index (κ2) is 7.25. The number of aromatic nitrogens is 5. The lowest BCUT2D eigenvalue weighted by Crippen LogP contribution is -2.48. The highest BCUT2D eigenvalue weighted by Gasteiger charge is 2.19. The Bertz CT molecular complexity index is 869. The van der Waals surface area contributed by atoms with E-state index in [9.17, 15) is 0 Å². The maximum atomic E-state index is 5.69. The first-order valence-corrected chi connectivity index (χ1v) is 8.91. The fourth-order valence-electron chi connectivity index (χ4n) is 3.19. The van der Waals surface area contributed by atoms with E-state index in [4.69, 9.17) is 4.74 Å². The lowest BCUT2D eigenvalue weighted by molar-refractivity contribution is 0.195. The zero-order valence-corrected chi connectivity index (χ0v) is 15.2. The van der Waals surface area contributed by atoms with Gasteiger partial charge in [0.15, 0.2) is 5.65 Å². The van der Waals surface area contributed by atoms with Crippen molar-refractivity contribution in [3.05, 3.63) is 41.9 Å². The second-order valence-electron chi connectivity index (χ2n) is 6.55. The van der Waals surface area contributed by atoms with Gasteiger partial charge in [-0.25, -0.2) is 4.98 Å². The normalized spacial score (nSPS) is 15.5. The summed E-state index contributed by atoms with van der Waals surface area (Å²) in [6.07, 6.45) is 1.80. The molecule has 0 radical (unpaired) electrons. The molecule has 1 aliphatic heterocycles. The van der Waals surface area contributed by atoms with Crippen LogP contribution in [-0.4, -0.2) is 69.0 Å². The summed E-state index contributed by atoms with van der Waals surface area (Å²) in [5.41, 5.74) is 2.81. The first kappa shape index (κ1) is 16.7. The molecule has 0 N–H and O–H groups in total. The van der Waals surface area contributed by atoms with Crippen molar-refractivity contribution in [3.63, 3.8) is 0 Å². The van der Waals surface area contributed by atoms with Crippen LogP contribution in [0.2, 0.25) is 0 Å². The molecule has 1 fully saturated rings. The zero-order chi connectivity index (χ0) is 17.9. The first-order chi connectivity index (χ1) is 12.7. The van der Waals surface area contributed by atoms with E-state index in [0.29, 0.717) is 12.5 Å². The summed E-state index contributed by atoms with van der Waals surface area (Å²) in [4.78, 5) is 9.30. The standard InChI is InChI=1S/C18H23N7O/c1-14-3-4-17(22-21-14)26-12-11-23-7-9-24(10-8-23)18-13-15(2)20-16-5-6-19-25(16)18/h3-6,13H,7-12H2,1-2H3. The Kier molecular flexibility index (Phi) is 4.66. The van der Waals surface area contributed by atoms with Crippen molar-refractivity contribution in [1.82, 2.24) is 29.7 Å². The van der Waals surface area contributed by atoms with Gasteiger partial charge >= 0.3 is 0 Å². The molecule has 0 bridgehead atoms. The van der Waals surface area contributed by atoms with Crippen molar-refractivity contribution in [3.8, 4) is 5.88 Å². The second-order valence-corrected chi connectivity index (χ2v) is 6.55. The highest BCUT2D eigenvalue weighted by molar-refractivity contribution is 5.50. The quantitative estimate of drug-likeness (QED) is 0.685. The van der Waals surface area contributed by atoms with E-state index in [-0.39, 0.29) is 0 Å². The van der Waals surface area contributed by atoms with Crippen molar-refractivity contribution in [1.29, 1.82) is 0 Å². The Morgan fingerprint density at radius 3 is 2.62 bits per heavy atom. The molecule has 0 saturated carbocycles. The summed E-state index contributed by atoms with van der Waals surface area (Å²) in [7, 11) is 0. The molecule has 8 nitrogen and oxygen atoms in total. The fraction of sp³-hybridized carbons (Fsp3) is 0.444. The van der Waals surface area contributed by atoms with Gasteiger partial charge in [-0.1, -0.05) is 0 Å². The molecule has 0 spiro atoms. The molecule has 3 aromatic heterocycles. The molecule has 0 atom stereocenters. The number of anilines is 1. The van der Waals surface area contributed by atoms with Crippen molar-refractivity contribution >= 4 is 11.5 Å². The van der Waals surface area contributed by atoms with Crippen LogP contribution in [0, 0.1) is 13.8 Å². The van der Waals surface area contributed by atoms with E-state index >= 15 is 0 Å². The predicted octanol–water partition coefficient (Wildman–Crippen LogP) is 1.34. The number of hydrogen-bond donors (Lipinski definition) is 0. The average molecular weight is 353 g/mol. The van der Waals surface area contributed by atoms with Crippen molar-refractivity contribution in [2.45, 2.75) is 13.8 Å². The van der Waals surface area contributed by atoms with Gasteiger partial charge in [-0.3, -0.25) is 4.90 Å².